The molecule has 3 rings (SSSR count). The van der Waals surface area contributed by atoms with Crippen LogP contribution in [-0.4, -0.2) is 15.9 Å². The van der Waals surface area contributed by atoms with Crippen molar-refractivity contribution in [1.29, 1.82) is 0 Å². The summed E-state index contributed by atoms with van der Waals surface area (Å²) in [5.74, 6) is -0.265. The molecule has 2 aromatic carbocycles. The standard InChI is InChI=1S/C18H15FN4O/c19-15-6-8-16(9-7-15)23-17(24)14-11-21-18(22-12-14)20-10-13-4-2-1-3-5-13/h1-9,11-12H,10H2,(H,23,24)(H,20,21,22). The molecular formula is C18H15FN4O. The molecule has 0 spiro atoms. The smallest absolute Gasteiger partial charge is 0.258 e. The first-order valence-corrected chi connectivity index (χ1v) is 7.37. The molecule has 0 aliphatic carbocycles. The van der Waals surface area contributed by atoms with E-state index in [-0.39, 0.29) is 11.7 Å². The summed E-state index contributed by atoms with van der Waals surface area (Å²) in [5.41, 5.74) is 1.94. The fourth-order valence-corrected chi connectivity index (χ4v) is 2.05. The molecule has 3 aromatic rings. The van der Waals surface area contributed by atoms with Gasteiger partial charge in [-0.1, -0.05) is 30.3 Å². The van der Waals surface area contributed by atoms with Crippen LogP contribution in [0, 0.1) is 5.82 Å². The summed E-state index contributed by atoms with van der Waals surface area (Å²) >= 11 is 0. The highest BCUT2D eigenvalue weighted by atomic mass is 19.1. The Labute approximate surface area is 138 Å². The van der Waals surface area contributed by atoms with Crippen molar-refractivity contribution in [3.05, 3.63) is 83.9 Å². The van der Waals surface area contributed by atoms with Crippen molar-refractivity contribution in [2.45, 2.75) is 6.54 Å². The monoisotopic (exact) mass is 322 g/mol. The van der Waals surface area contributed by atoms with E-state index in [0.717, 1.165) is 5.56 Å². The molecule has 120 valence electrons. The Morgan fingerprint density at radius 1 is 0.958 bits per heavy atom. The van der Waals surface area contributed by atoms with E-state index in [9.17, 15) is 9.18 Å². The SMILES string of the molecule is O=C(Nc1ccc(F)cc1)c1cnc(NCc2ccccc2)nc1. The molecule has 0 fully saturated rings. The van der Waals surface area contributed by atoms with E-state index >= 15 is 0 Å². The second kappa shape index (κ2) is 7.32. The molecule has 5 nitrogen and oxygen atoms in total. The number of amides is 1. The zero-order valence-corrected chi connectivity index (χ0v) is 12.7. The first-order valence-electron chi connectivity index (χ1n) is 7.37. The number of nitrogens with one attached hydrogen (secondary N) is 2. The number of benzene rings is 2. The molecule has 0 bridgehead atoms. The third-order valence-corrected chi connectivity index (χ3v) is 3.31. The van der Waals surface area contributed by atoms with Crippen molar-refractivity contribution in [2.24, 2.45) is 0 Å². The number of halogens is 1. The molecule has 2 N–H and O–H groups in total. The Hall–Kier alpha value is -3.28. The number of aromatic nitrogens is 2. The molecule has 0 saturated heterocycles. The van der Waals surface area contributed by atoms with Crippen molar-refractivity contribution >= 4 is 17.5 Å². The molecule has 1 amide bonds. The Kier molecular flexibility index (Phi) is 4.76. The molecule has 1 aromatic heterocycles. The lowest BCUT2D eigenvalue weighted by atomic mass is 10.2. The average molecular weight is 322 g/mol. The molecule has 0 aliphatic rings. The number of rotatable bonds is 5. The van der Waals surface area contributed by atoms with Gasteiger partial charge in [0.2, 0.25) is 5.95 Å². The topological polar surface area (TPSA) is 66.9 Å². The number of hydrogen-bond acceptors (Lipinski definition) is 4. The van der Waals surface area contributed by atoms with Gasteiger partial charge in [0.05, 0.1) is 5.56 Å². The van der Waals surface area contributed by atoms with Gasteiger partial charge in [0.15, 0.2) is 0 Å². The van der Waals surface area contributed by atoms with E-state index in [1.807, 2.05) is 30.3 Å². The van der Waals surface area contributed by atoms with Crippen LogP contribution in [0.2, 0.25) is 0 Å². The van der Waals surface area contributed by atoms with Gasteiger partial charge in [-0.3, -0.25) is 4.79 Å². The largest absolute Gasteiger partial charge is 0.350 e. The minimum atomic E-state index is -0.356. The van der Waals surface area contributed by atoms with Crippen LogP contribution < -0.4 is 10.6 Å². The van der Waals surface area contributed by atoms with Crippen LogP contribution in [0.1, 0.15) is 15.9 Å². The van der Waals surface area contributed by atoms with Gasteiger partial charge in [-0.2, -0.15) is 0 Å². The van der Waals surface area contributed by atoms with E-state index in [1.54, 1.807) is 0 Å². The number of hydrogen-bond donors (Lipinski definition) is 2. The summed E-state index contributed by atoms with van der Waals surface area (Å²) < 4.78 is 12.8. The maximum absolute atomic E-state index is 12.8. The Balaban J connectivity index is 1.59. The highest BCUT2D eigenvalue weighted by Gasteiger charge is 2.08. The van der Waals surface area contributed by atoms with E-state index in [2.05, 4.69) is 20.6 Å². The first-order chi connectivity index (χ1) is 11.7. The summed E-state index contributed by atoms with van der Waals surface area (Å²) in [6, 6.07) is 15.4. The van der Waals surface area contributed by atoms with Gasteiger partial charge in [-0.25, -0.2) is 14.4 Å². The zero-order chi connectivity index (χ0) is 16.8. The number of carbonyl (C=O) groups is 1. The minimum absolute atomic E-state index is 0.324. The maximum atomic E-state index is 12.8. The molecule has 0 saturated carbocycles. The normalized spacial score (nSPS) is 10.2. The minimum Gasteiger partial charge on any atom is -0.350 e. The predicted molar refractivity (Wildman–Crippen MR) is 90.2 cm³/mol. The van der Waals surface area contributed by atoms with Crippen LogP contribution in [0.5, 0.6) is 0 Å². The van der Waals surface area contributed by atoms with Crippen molar-refractivity contribution < 1.29 is 9.18 Å². The van der Waals surface area contributed by atoms with E-state index < -0.39 is 0 Å². The van der Waals surface area contributed by atoms with Gasteiger partial charge in [0, 0.05) is 24.6 Å². The summed E-state index contributed by atoms with van der Waals surface area (Å²) in [7, 11) is 0. The third-order valence-electron chi connectivity index (χ3n) is 3.31. The van der Waals surface area contributed by atoms with Crippen molar-refractivity contribution in [3.63, 3.8) is 0 Å². The summed E-state index contributed by atoms with van der Waals surface area (Å²) in [6.45, 7) is 0.599. The van der Waals surface area contributed by atoms with Crippen LogP contribution in [-0.2, 0) is 6.54 Å². The van der Waals surface area contributed by atoms with Gasteiger partial charge in [0.25, 0.3) is 5.91 Å². The van der Waals surface area contributed by atoms with Crippen LogP contribution in [0.15, 0.2) is 67.0 Å². The van der Waals surface area contributed by atoms with Crippen LogP contribution in [0.25, 0.3) is 0 Å². The molecule has 1 heterocycles. The zero-order valence-electron chi connectivity index (χ0n) is 12.7. The summed E-state index contributed by atoms with van der Waals surface area (Å²) in [6.07, 6.45) is 2.89. The summed E-state index contributed by atoms with van der Waals surface area (Å²) in [5, 5.41) is 5.74. The van der Waals surface area contributed by atoms with Crippen LogP contribution in [0.3, 0.4) is 0 Å². The first kappa shape index (κ1) is 15.6. The maximum Gasteiger partial charge on any atom is 0.258 e. The number of nitrogens with zero attached hydrogens (tertiary/aromatic N) is 2. The van der Waals surface area contributed by atoms with Gasteiger partial charge >= 0.3 is 0 Å². The van der Waals surface area contributed by atoms with Gasteiger partial charge in [0.1, 0.15) is 5.82 Å². The second-order valence-corrected chi connectivity index (χ2v) is 5.10. The predicted octanol–water partition coefficient (Wildman–Crippen LogP) is 3.48. The van der Waals surface area contributed by atoms with Crippen molar-refractivity contribution in [1.82, 2.24) is 9.97 Å². The molecule has 0 unspecified atom stereocenters. The van der Waals surface area contributed by atoms with Crippen LogP contribution in [0.4, 0.5) is 16.0 Å². The quantitative estimate of drug-likeness (QED) is 0.755. The van der Waals surface area contributed by atoms with E-state index in [1.165, 1.54) is 36.7 Å². The fraction of sp³-hybridized carbons (Fsp3) is 0.0556. The average Bonchev–Trinajstić information content (AvgIpc) is 2.63. The second-order valence-electron chi connectivity index (χ2n) is 5.10. The molecule has 0 radical (unpaired) electrons. The van der Waals surface area contributed by atoms with E-state index in [4.69, 9.17) is 0 Å². The fourth-order valence-electron chi connectivity index (χ4n) is 2.05. The molecule has 0 atom stereocenters. The Bertz CT molecular complexity index is 805. The Morgan fingerprint density at radius 3 is 2.29 bits per heavy atom. The van der Waals surface area contributed by atoms with Gasteiger partial charge in [-0.15, -0.1) is 0 Å². The molecule has 24 heavy (non-hydrogen) atoms. The van der Waals surface area contributed by atoms with Crippen molar-refractivity contribution in [3.8, 4) is 0 Å². The molecule has 0 aliphatic heterocycles. The highest BCUT2D eigenvalue weighted by Crippen LogP contribution is 2.10. The Morgan fingerprint density at radius 2 is 1.62 bits per heavy atom. The lowest BCUT2D eigenvalue weighted by Crippen LogP contribution is -2.13. The summed E-state index contributed by atoms with van der Waals surface area (Å²) in [4.78, 5) is 20.3. The van der Waals surface area contributed by atoms with Gasteiger partial charge < -0.3 is 10.6 Å². The van der Waals surface area contributed by atoms with Gasteiger partial charge in [-0.05, 0) is 29.8 Å². The molecule has 6 heteroatoms. The van der Waals surface area contributed by atoms with Crippen LogP contribution >= 0.6 is 0 Å². The third kappa shape index (κ3) is 4.13. The highest BCUT2D eigenvalue weighted by molar-refractivity contribution is 6.03. The number of carbonyl (C=O) groups excluding carboxylic acids is 1. The van der Waals surface area contributed by atoms with Crippen molar-refractivity contribution in [2.75, 3.05) is 10.6 Å². The number of anilines is 2. The van der Waals surface area contributed by atoms with E-state index in [0.29, 0.717) is 23.7 Å². The lowest BCUT2D eigenvalue weighted by Gasteiger charge is -2.07. The lowest BCUT2D eigenvalue weighted by molar-refractivity contribution is 0.102. The molecular weight excluding hydrogens is 307 g/mol.